The van der Waals surface area contributed by atoms with E-state index in [0.717, 1.165) is 11.1 Å². The molecular weight excluding hydrogens is 212 g/mol. The molecule has 17 heavy (non-hydrogen) atoms. The van der Waals surface area contributed by atoms with E-state index in [2.05, 4.69) is 13.2 Å². The molecule has 2 heteroatoms. The Morgan fingerprint density at radius 2 is 1.47 bits per heavy atom. The van der Waals surface area contributed by atoms with Gasteiger partial charge in [0, 0.05) is 5.57 Å². The lowest BCUT2D eigenvalue weighted by Crippen LogP contribution is -1.93. The summed E-state index contributed by atoms with van der Waals surface area (Å²) in [6.45, 7) is 10.6. The Hall–Kier alpha value is -2.09. The number of allylic oxidation sites excluding steroid dienone is 1. The van der Waals surface area contributed by atoms with Gasteiger partial charge in [-0.15, -0.1) is 0 Å². The lowest BCUT2D eigenvalue weighted by molar-refractivity contribution is -0.132. The van der Waals surface area contributed by atoms with Gasteiger partial charge in [0.2, 0.25) is 0 Å². The number of carboxylic acid groups (broad SMARTS) is 1. The SMILES string of the molecule is C=Cc1ccc(C=C)cc1.CC=C(C)C(=O)O. The normalized spacial score (nSPS) is 9.88. The molecule has 1 N–H and O–H groups in total. The fourth-order valence-corrected chi connectivity index (χ4v) is 0.892. The minimum Gasteiger partial charge on any atom is -0.478 e. The van der Waals surface area contributed by atoms with E-state index in [1.54, 1.807) is 19.9 Å². The second kappa shape index (κ2) is 8.11. The molecule has 90 valence electrons. The van der Waals surface area contributed by atoms with Gasteiger partial charge in [-0.2, -0.15) is 0 Å². The molecule has 0 atom stereocenters. The van der Waals surface area contributed by atoms with Crippen LogP contribution in [0.2, 0.25) is 0 Å². The van der Waals surface area contributed by atoms with Crippen LogP contribution < -0.4 is 0 Å². The average molecular weight is 230 g/mol. The highest BCUT2D eigenvalue weighted by molar-refractivity contribution is 5.85. The molecule has 0 radical (unpaired) electrons. The molecule has 0 spiro atoms. The van der Waals surface area contributed by atoms with Crippen LogP contribution in [-0.4, -0.2) is 11.1 Å². The summed E-state index contributed by atoms with van der Waals surface area (Å²) >= 11 is 0. The minimum absolute atomic E-state index is 0.389. The van der Waals surface area contributed by atoms with E-state index in [4.69, 9.17) is 5.11 Å². The Morgan fingerprint density at radius 3 is 1.59 bits per heavy atom. The first kappa shape index (κ1) is 14.9. The molecule has 1 rings (SSSR count). The summed E-state index contributed by atoms with van der Waals surface area (Å²) in [4.78, 5) is 9.86. The molecule has 0 aliphatic rings. The van der Waals surface area contributed by atoms with Crippen molar-refractivity contribution in [2.24, 2.45) is 0 Å². The van der Waals surface area contributed by atoms with Crippen LogP contribution in [0.3, 0.4) is 0 Å². The second-order valence-electron chi connectivity index (χ2n) is 3.35. The third kappa shape index (κ3) is 6.15. The first-order valence-corrected chi connectivity index (χ1v) is 5.26. The van der Waals surface area contributed by atoms with Gasteiger partial charge in [-0.05, 0) is 25.0 Å². The zero-order valence-corrected chi connectivity index (χ0v) is 10.3. The Kier molecular flexibility index (Phi) is 7.11. The van der Waals surface area contributed by atoms with Crippen LogP contribution in [0, 0.1) is 0 Å². The summed E-state index contributed by atoms with van der Waals surface area (Å²) < 4.78 is 0. The number of aliphatic carboxylic acids is 1. The maximum Gasteiger partial charge on any atom is 0.330 e. The van der Waals surface area contributed by atoms with Crippen LogP contribution >= 0.6 is 0 Å². The van der Waals surface area contributed by atoms with E-state index < -0.39 is 5.97 Å². The fourth-order valence-electron chi connectivity index (χ4n) is 0.892. The highest BCUT2D eigenvalue weighted by atomic mass is 16.4. The van der Waals surface area contributed by atoms with Crippen molar-refractivity contribution in [1.82, 2.24) is 0 Å². The lowest BCUT2D eigenvalue weighted by Gasteiger charge is -1.92. The van der Waals surface area contributed by atoms with E-state index in [1.807, 2.05) is 36.4 Å². The topological polar surface area (TPSA) is 37.3 Å². The molecule has 1 aromatic carbocycles. The van der Waals surface area contributed by atoms with Crippen LogP contribution in [0.4, 0.5) is 0 Å². The van der Waals surface area contributed by atoms with Gasteiger partial charge >= 0.3 is 5.97 Å². The smallest absolute Gasteiger partial charge is 0.330 e. The van der Waals surface area contributed by atoms with E-state index in [0.29, 0.717) is 5.57 Å². The molecule has 0 saturated heterocycles. The molecule has 0 heterocycles. The van der Waals surface area contributed by atoms with Gasteiger partial charge < -0.3 is 5.11 Å². The maximum atomic E-state index is 9.86. The minimum atomic E-state index is -0.845. The lowest BCUT2D eigenvalue weighted by atomic mass is 10.1. The van der Waals surface area contributed by atoms with Crippen LogP contribution in [-0.2, 0) is 4.79 Å². The predicted octanol–water partition coefficient (Wildman–Crippen LogP) is 4.01. The number of hydrogen-bond acceptors (Lipinski definition) is 1. The van der Waals surface area contributed by atoms with E-state index in [-0.39, 0.29) is 0 Å². The summed E-state index contributed by atoms with van der Waals surface area (Å²) in [5.41, 5.74) is 2.68. The fraction of sp³-hybridized carbons (Fsp3) is 0.133. The summed E-state index contributed by atoms with van der Waals surface area (Å²) in [7, 11) is 0. The zero-order valence-electron chi connectivity index (χ0n) is 10.3. The van der Waals surface area contributed by atoms with Crippen molar-refractivity contribution in [2.75, 3.05) is 0 Å². The summed E-state index contributed by atoms with van der Waals surface area (Å²) in [5, 5.41) is 8.11. The van der Waals surface area contributed by atoms with Crippen molar-refractivity contribution in [3.8, 4) is 0 Å². The summed E-state index contributed by atoms with van der Waals surface area (Å²) in [6, 6.07) is 8.07. The Bertz CT molecular complexity index is 384. The zero-order chi connectivity index (χ0) is 13.3. The summed E-state index contributed by atoms with van der Waals surface area (Å²) in [5.74, 6) is -0.845. The molecule has 0 aliphatic heterocycles. The quantitative estimate of drug-likeness (QED) is 0.796. The van der Waals surface area contributed by atoms with Crippen LogP contribution in [0.1, 0.15) is 25.0 Å². The standard InChI is InChI=1S/C10H10.C5H8O2/c1-3-9-5-7-10(4-2)8-6-9;1-3-4(2)5(6)7/h3-8H,1-2H2;3H,1-2H3,(H,6,7). The highest BCUT2D eigenvalue weighted by Crippen LogP contribution is 2.05. The molecular formula is C15H18O2. The molecule has 0 unspecified atom stereocenters. The first-order chi connectivity index (χ1) is 8.04. The number of carboxylic acids is 1. The van der Waals surface area contributed by atoms with Crippen LogP contribution in [0.25, 0.3) is 12.2 Å². The van der Waals surface area contributed by atoms with Crippen molar-refractivity contribution in [1.29, 1.82) is 0 Å². The van der Waals surface area contributed by atoms with Gasteiger partial charge in [0.05, 0.1) is 0 Å². The molecule has 0 bridgehead atoms. The maximum absolute atomic E-state index is 9.86. The van der Waals surface area contributed by atoms with E-state index in [9.17, 15) is 4.79 Å². The number of rotatable bonds is 3. The Balaban J connectivity index is 0.000000325. The monoisotopic (exact) mass is 230 g/mol. The number of carbonyl (C=O) groups is 1. The van der Waals surface area contributed by atoms with Crippen molar-refractivity contribution < 1.29 is 9.90 Å². The largest absolute Gasteiger partial charge is 0.478 e. The highest BCUT2D eigenvalue weighted by Gasteiger charge is 1.93. The van der Waals surface area contributed by atoms with E-state index >= 15 is 0 Å². The van der Waals surface area contributed by atoms with Crippen molar-refractivity contribution >= 4 is 18.1 Å². The molecule has 0 aliphatic carbocycles. The predicted molar refractivity (Wildman–Crippen MR) is 73.7 cm³/mol. The second-order valence-corrected chi connectivity index (χ2v) is 3.35. The third-order valence-corrected chi connectivity index (χ3v) is 2.18. The molecule has 1 aromatic rings. The summed E-state index contributed by atoms with van der Waals surface area (Å²) in [6.07, 6.45) is 5.21. The average Bonchev–Trinajstić information content (AvgIpc) is 2.38. The van der Waals surface area contributed by atoms with Gasteiger partial charge in [0.15, 0.2) is 0 Å². The van der Waals surface area contributed by atoms with Crippen LogP contribution in [0.5, 0.6) is 0 Å². The van der Waals surface area contributed by atoms with Crippen molar-refractivity contribution in [3.05, 3.63) is 60.2 Å². The molecule has 2 nitrogen and oxygen atoms in total. The molecule has 0 fully saturated rings. The number of hydrogen-bond donors (Lipinski definition) is 1. The van der Waals surface area contributed by atoms with Crippen LogP contribution in [0.15, 0.2) is 49.1 Å². The van der Waals surface area contributed by atoms with Gasteiger partial charge in [-0.25, -0.2) is 4.79 Å². The third-order valence-electron chi connectivity index (χ3n) is 2.18. The Morgan fingerprint density at radius 1 is 1.12 bits per heavy atom. The first-order valence-electron chi connectivity index (χ1n) is 5.26. The number of benzene rings is 1. The molecule has 0 saturated carbocycles. The van der Waals surface area contributed by atoms with E-state index in [1.165, 1.54) is 0 Å². The Labute approximate surface area is 103 Å². The van der Waals surface area contributed by atoms with Gasteiger partial charge in [0.25, 0.3) is 0 Å². The van der Waals surface area contributed by atoms with Gasteiger partial charge in [0.1, 0.15) is 0 Å². The molecule has 0 amide bonds. The van der Waals surface area contributed by atoms with Crippen molar-refractivity contribution in [2.45, 2.75) is 13.8 Å². The van der Waals surface area contributed by atoms with Crippen molar-refractivity contribution in [3.63, 3.8) is 0 Å². The van der Waals surface area contributed by atoms with Gasteiger partial charge in [-0.1, -0.05) is 55.7 Å². The van der Waals surface area contributed by atoms with Gasteiger partial charge in [-0.3, -0.25) is 0 Å². The molecule has 0 aromatic heterocycles.